The number of carbonyl (C=O) groups is 3. The minimum Gasteiger partial charge on any atom is -0.872 e. The second-order valence-electron chi connectivity index (χ2n) is 18.1. The number of piperazine rings is 1. The van der Waals surface area contributed by atoms with Crippen LogP contribution in [0.25, 0.3) is 16.8 Å². The molecule has 0 saturated carbocycles. The first-order chi connectivity index (χ1) is 32.3. The maximum absolute atomic E-state index is 14.6. The normalized spacial score (nSPS) is 29.0. The molecule has 4 aliphatic rings. The fraction of sp³-hybridized carbons (Fsp3) is 0.462. The average molecular weight is 961 g/mol. The van der Waals surface area contributed by atoms with Crippen LogP contribution in [0.4, 0.5) is 5.69 Å². The smallest absolute Gasteiger partial charge is 0.872 e. The number of benzene rings is 3. The predicted octanol–water partition coefficient (Wildman–Crippen LogP) is 3.18. The van der Waals surface area contributed by atoms with Crippen molar-refractivity contribution >= 4 is 46.4 Å². The largest absolute Gasteiger partial charge is 1.00 e. The van der Waals surface area contributed by atoms with Crippen LogP contribution in [0.2, 0.25) is 0 Å². The van der Waals surface area contributed by atoms with Crippen LogP contribution < -0.4 is 44.7 Å². The molecule has 0 aliphatic carbocycles. The molecule has 5 bridgehead atoms. The van der Waals surface area contributed by atoms with Gasteiger partial charge in [-0.15, -0.1) is 0 Å². The van der Waals surface area contributed by atoms with E-state index < -0.39 is 94.2 Å². The standard InChI is InChI=1S/C52H66N4O12.Na/c1-10-65-38-21-27-66-52(9)50(63)41-39-40(45(60)34(7)49(41)68-52)47(62)42(37(46(39)61)28-53-56-25-23-55(24-26-56)22-15-20-36-18-12-11-13-19-36)54-51(64)30(3)17-14-16-29(2)43(58)32(5)44(59)33(6)48(31(38)4)67-35(8)57;/h11-21,27-29,31-33,38,43-44,48,58-62H,10,22-26H2,1-9H3,(H,54,64);/q;+1/p-1/b16-14+,20-15+,27-21+,30-17-,53-28?;. The van der Waals surface area contributed by atoms with E-state index in [0.29, 0.717) is 26.2 Å². The molecule has 4 heterocycles. The number of aliphatic hydroxyl groups is 2. The van der Waals surface area contributed by atoms with Gasteiger partial charge in [0.05, 0.1) is 47.6 Å². The maximum atomic E-state index is 14.6. The molecule has 9 unspecified atom stereocenters. The zero-order valence-corrected chi connectivity index (χ0v) is 43.3. The number of anilines is 1. The Morgan fingerprint density at radius 2 is 1.65 bits per heavy atom. The maximum Gasteiger partial charge on any atom is 1.00 e. The van der Waals surface area contributed by atoms with Gasteiger partial charge in [-0.05, 0) is 38.0 Å². The number of carbonyl (C=O) groups excluding carboxylic acids is 3. The van der Waals surface area contributed by atoms with E-state index in [1.54, 1.807) is 51.8 Å². The molecular formula is C52H65N4NaO12. The number of ether oxygens (including phenoxy) is 4. The van der Waals surface area contributed by atoms with Gasteiger partial charge in [-0.25, -0.2) is 0 Å². The molecule has 366 valence electrons. The number of fused-ring (bicyclic) bond motifs is 14. The van der Waals surface area contributed by atoms with Crippen molar-refractivity contribution in [2.45, 2.75) is 92.5 Å². The molecule has 1 fully saturated rings. The molecule has 0 radical (unpaired) electrons. The van der Waals surface area contributed by atoms with Crippen LogP contribution in [-0.2, 0) is 23.8 Å². The van der Waals surface area contributed by atoms with Crippen LogP contribution in [0, 0.1) is 30.6 Å². The van der Waals surface area contributed by atoms with E-state index in [1.165, 1.54) is 52.3 Å². The number of hydrogen-bond acceptors (Lipinski definition) is 15. The number of ketones is 1. The number of phenols is 2. The van der Waals surface area contributed by atoms with E-state index in [4.69, 9.17) is 18.9 Å². The summed E-state index contributed by atoms with van der Waals surface area (Å²) in [5.41, 5.74) is 0.489. The number of nitrogens with zero attached hydrogens (tertiary/aromatic N) is 3. The Morgan fingerprint density at radius 3 is 2.30 bits per heavy atom. The van der Waals surface area contributed by atoms with Gasteiger partial charge >= 0.3 is 41.3 Å². The fourth-order valence-electron chi connectivity index (χ4n) is 9.04. The zero-order chi connectivity index (χ0) is 49.6. The monoisotopic (exact) mass is 960 g/mol. The Kier molecular flexibility index (Phi) is 18.7. The third-order valence-corrected chi connectivity index (χ3v) is 13.3. The summed E-state index contributed by atoms with van der Waals surface area (Å²) in [4.78, 5) is 43.2. The number of amides is 1. The van der Waals surface area contributed by atoms with Gasteiger partial charge in [0, 0.05) is 93.2 Å². The summed E-state index contributed by atoms with van der Waals surface area (Å²) >= 11 is 0. The van der Waals surface area contributed by atoms with Crippen LogP contribution in [0.1, 0.15) is 82.4 Å². The first-order valence-corrected chi connectivity index (χ1v) is 23.2. The first kappa shape index (κ1) is 54.7. The number of esters is 1. The molecule has 3 aromatic rings. The summed E-state index contributed by atoms with van der Waals surface area (Å²) in [7, 11) is 0. The van der Waals surface area contributed by atoms with Crippen molar-refractivity contribution in [3.8, 4) is 23.0 Å². The van der Waals surface area contributed by atoms with Crippen LogP contribution in [0.15, 0.2) is 77.6 Å². The molecule has 17 heteroatoms. The van der Waals surface area contributed by atoms with E-state index >= 15 is 0 Å². The molecule has 3 aromatic carbocycles. The van der Waals surface area contributed by atoms with Gasteiger partial charge in [0.1, 0.15) is 23.4 Å². The van der Waals surface area contributed by atoms with Crippen molar-refractivity contribution in [1.29, 1.82) is 0 Å². The minimum atomic E-state index is -2.09. The van der Waals surface area contributed by atoms with Crippen LogP contribution >= 0.6 is 0 Å². The summed E-state index contributed by atoms with van der Waals surface area (Å²) in [5, 5.41) is 70.0. The number of hydrogen-bond donors (Lipinski definition) is 5. The Labute approximate surface area is 426 Å². The Balaban J connectivity index is 0.00000888. The van der Waals surface area contributed by atoms with Crippen molar-refractivity contribution in [2.24, 2.45) is 28.8 Å². The van der Waals surface area contributed by atoms with Crippen molar-refractivity contribution in [3.63, 3.8) is 0 Å². The molecule has 9 atom stereocenters. The topological polar surface area (TPSA) is 223 Å². The van der Waals surface area contributed by atoms with Gasteiger partial charge in [-0.1, -0.05) is 94.2 Å². The second-order valence-corrected chi connectivity index (χ2v) is 18.1. The molecular weight excluding hydrogens is 896 g/mol. The number of aromatic hydroxyl groups is 2. The number of aliphatic hydroxyl groups excluding tert-OH is 2. The summed E-state index contributed by atoms with van der Waals surface area (Å²) in [6.45, 7) is 17.6. The Morgan fingerprint density at radius 1 is 0.971 bits per heavy atom. The van der Waals surface area contributed by atoms with E-state index in [1.807, 2.05) is 30.3 Å². The Bertz CT molecular complexity index is 2500. The van der Waals surface area contributed by atoms with Gasteiger partial charge < -0.3 is 49.8 Å². The van der Waals surface area contributed by atoms with E-state index in [9.17, 15) is 39.9 Å². The molecule has 5 N–H and O–H groups in total. The number of Topliss-reactive ketones (excluding diaryl/α,β-unsaturated/α-hetero) is 1. The third kappa shape index (κ3) is 12.1. The number of rotatable bonds is 8. The molecule has 16 nitrogen and oxygen atoms in total. The van der Waals surface area contributed by atoms with Gasteiger partial charge in [-0.3, -0.25) is 24.3 Å². The number of hydrazone groups is 1. The fourth-order valence-corrected chi connectivity index (χ4v) is 9.04. The van der Waals surface area contributed by atoms with Gasteiger partial charge in [0.25, 0.3) is 11.7 Å². The van der Waals surface area contributed by atoms with Crippen LogP contribution in [0.3, 0.4) is 0 Å². The second kappa shape index (κ2) is 23.6. The SMILES string of the molecule is CCOC1/C=C/OC2(C)Oc3c(C)c([O-])c4c(O)c(c(C=NN5CCN(C/C=C/c6ccccc6)CC5)c(O)c4c3C2=O)NC(=O)/C(C)=C\C=C\C(C)C(O)C(C)C(O)C(C)C(OC(C)=O)C1C.[Na+]. The molecule has 0 spiro atoms. The summed E-state index contributed by atoms with van der Waals surface area (Å²) in [6, 6.07) is 10.00. The third-order valence-electron chi connectivity index (χ3n) is 13.3. The zero-order valence-electron chi connectivity index (χ0n) is 41.3. The van der Waals surface area contributed by atoms with Crippen LogP contribution in [0.5, 0.6) is 23.0 Å². The van der Waals surface area contributed by atoms with Crippen molar-refractivity contribution in [1.82, 2.24) is 9.91 Å². The van der Waals surface area contributed by atoms with Gasteiger partial charge in [0.15, 0.2) is 0 Å². The summed E-state index contributed by atoms with van der Waals surface area (Å²) < 4.78 is 24.1. The minimum absolute atomic E-state index is 0. The predicted molar refractivity (Wildman–Crippen MR) is 257 cm³/mol. The number of nitrogens with one attached hydrogen (secondary N) is 1. The summed E-state index contributed by atoms with van der Waals surface area (Å²) in [6.07, 6.45) is 8.99. The number of phenolic OH excluding ortho intramolecular Hbond substituents is 2. The molecule has 1 amide bonds. The van der Waals surface area contributed by atoms with Crippen molar-refractivity contribution in [3.05, 3.63) is 94.8 Å². The summed E-state index contributed by atoms with van der Waals surface area (Å²) in [5.74, 6) is -8.94. The molecule has 1 saturated heterocycles. The Hall–Kier alpha value is -5.20. The van der Waals surface area contributed by atoms with E-state index in [2.05, 4.69) is 27.5 Å². The molecule has 4 aliphatic heterocycles. The van der Waals surface area contributed by atoms with Crippen molar-refractivity contribution in [2.75, 3.05) is 44.6 Å². The van der Waals surface area contributed by atoms with Gasteiger partial charge in [0.2, 0.25) is 0 Å². The van der Waals surface area contributed by atoms with Crippen molar-refractivity contribution < 1.29 is 88.4 Å². The van der Waals surface area contributed by atoms with Gasteiger partial charge in [-0.2, -0.15) is 5.10 Å². The molecule has 0 aromatic heterocycles. The van der Waals surface area contributed by atoms with E-state index in [0.717, 1.165) is 12.1 Å². The first-order valence-electron chi connectivity index (χ1n) is 23.2. The average Bonchev–Trinajstić information content (AvgIpc) is 3.58. The van der Waals surface area contributed by atoms with E-state index in [-0.39, 0.29) is 75.3 Å². The van der Waals surface area contributed by atoms with Crippen LogP contribution in [-0.4, -0.2) is 124 Å². The number of allylic oxidation sites excluding steroid dienone is 2. The molecule has 7 rings (SSSR count). The quantitative estimate of drug-likeness (QED) is 0.0720. The molecule has 69 heavy (non-hydrogen) atoms.